The van der Waals surface area contributed by atoms with Crippen molar-refractivity contribution in [2.75, 3.05) is 37.7 Å². The van der Waals surface area contributed by atoms with E-state index in [1.807, 2.05) is 0 Å². The summed E-state index contributed by atoms with van der Waals surface area (Å²) in [6.45, 7) is 8.50. The molecule has 0 atom stereocenters. The van der Waals surface area contributed by atoms with Gasteiger partial charge in [-0.2, -0.15) is 0 Å². The van der Waals surface area contributed by atoms with Gasteiger partial charge in [-0.25, -0.2) is 9.97 Å². The predicted molar refractivity (Wildman–Crippen MR) is 113 cm³/mol. The van der Waals surface area contributed by atoms with Crippen LogP contribution in [0.2, 0.25) is 0 Å². The fourth-order valence-electron chi connectivity index (χ4n) is 4.86. The fraction of sp³-hybridized carbons (Fsp3) is 0.524. The number of aromatic nitrogens is 3. The summed E-state index contributed by atoms with van der Waals surface area (Å²) in [6.07, 6.45) is 6.07. The van der Waals surface area contributed by atoms with E-state index in [1.165, 1.54) is 22.4 Å². The largest absolute Gasteiger partial charge is 0.395 e. The molecule has 0 radical (unpaired) electrons. The van der Waals surface area contributed by atoms with E-state index < -0.39 is 0 Å². The van der Waals surface area contributed by atoms with Gasteiger partial charge < -0.3 is 14.6 Å². The maximum Gasteiger partial charge on any atom is 0.140 e. The van der Waals surface area contributed by atoms with Gasteiger partial charge in [0.25, 0.3) is 0 Å². The summed E-state index contributed by atoms with van der Waals surface area (Å²) in [7, 11) is 0. The van der Waals surface area contributed by atoms with Gasteiger partial charge in [-0.1, -0.05) is 6.92 Å². The average molecular weight is 398 g/mol. The molecule has 7 heteroatoms. The number of nitrogens with zero attached hydrogens (tertiary/aromatic N) is 5. The summed E-state index contributed by atoms with van der Waals surface area (Å²) in [5.41, 5.74) is 1.69. The molecule has 0 bridgehead atoms. The molecule has 5 heterocycles. The Labute approximate surface area is 169 Å². The molecule has 0 amide bonds. The van der Waals surface area contributed by atoms with E-state index in [9.17, 15) is 5.11 Å². The number of thiophene rings is 1. The fourth-order valence-corrected chi connectivity index (χ4v) is 5.78. The van der Waals surface area contributed by atoms with Gasteiger partial charge in [-0.05, 0) is 31.0 Å². The number of likely N-dealkylation sites (tertiary alicyclic amines) is 1. The van der Waals surface area contributed by atoms with Crippen LogP contribution in [-0.4, -0.2) is 57.3 Å². The first-order valence-corrected chi connectivity index (χ1v) is 11.0. The van der Waals surface area contributed by atoms with Crippen molar-refractivity contribution in [3.63, 3.8) is 0 Å². The third-order valence-electron chi connectivity index (χ3n) is 6.21. The number of rotatable bonds is 6. The first-order chi connectivity index (χ1) is 13.7. The van der Waals surface area contributed by atoms with Crippen LogP contribution in [0.1, 0.15) is 23.9 Å². The highest BCUT2D eigenvalue weighted by molar-refractivity contribution is 7.18. The van der Waals surface area contributed by atoms with E-state index in [1.54, 1.807) is 17.7 Å². The molecule has 2 saturated heterocycles. The van der Waals surface area contributed by atoms with E-state index in [4.69, 9.17) is 0 Å². The van der Waals surface area contributed by atoms with Gasteiger partial charge in [0.15, 0.2) is 0 Å². The molecule has 0 aromatic carbocycles. The molecule has 3 aromatic heterocycles. The second-order valence-corrected chi connectivity index (χ2v) is 9.33. The average Bonchev–Trinajstić information content (AvgIpc) is 3.39. The molecule has 0 saturated carbocycles. The highest BCUT2D eigenvalue weighted by Gasteiger charge is 2.48. The Hall–Kier alpha value is -1.96. The lowest BCUT2D eigenvalue weighted by Gasteiger charge is -2.48. The molecule has 6 nitrogen and oxygen atoms in total. The van der Waals surface area contributed by atoms with E-state index in [0.29, 0.717) is 12.0 Å². The zero-order valence-electron chi connectivity index (χ0n) is 16.3. The van der Waals surface area contributed by atoms with Gasteiger partial charge in [0.1, 0.15) is 17.0 Å². The van der Waals surface area contributed by atoms with Crippen LogP contribution in [0.15, 0.2) is 30.7 Å². The lowest BCUT2D eigenvalue weighted by molar-refractivity contribution is 0.00984. The van der Waals surface area contributed by atoms with Gasteiger partial charge in [-0.3, -0.25) is 4.90 Å². The van der Waals surface area contributed by atoms with Crippen molar-refractivity contribution in [2.45, 2.75) is 32.9 Å². The van der Waals surface area contributed by atoms with Crippen LogP contribution in [-0.2, 0) is 19.5 Å². The topological polar surface area (TPSA) is 57.4 Å². The smallest absolute Gasteiger partial charge is 0.140 e. The standard InChI is InChI=1S/C21H27N5OS/c1-2-17-10-18-19(22-15-23-20(18)28-17)26-7-5-21(14-26)12-24(13-21)11-16-4-3-6-25(16)8-9-27/h3-4,6,10,15,27H,2,5,7-9,11-14H2,1H3. The summed E-state index contributed by atoms with van der Waals surface area (Å²) in [5.74, 6) is 1.12. The molecule has 1 N–H and O–H groups in total. The number of hydrogen-bond donors (Lipinski definition) is 1. The van der Waals surface area contributed by atoms with Gasteiger partial charge in [0.05, 0.1) is 12.0 Å². The van der Waals surface area contributed by atoms with E-state index in [-0.39, 0.29) is 6.61 Å². The Morgan fingerprint density at radius 2 is 2.14 bits per heavy atom. The predicted octanol–water partition coefficient (Wildman–Crippen LogP) is 2.76. The van der Waals surface area contributed by atoms with Crippen molar-refractivity contribution in [3.8, 4) is 0 Å². The Balaban J connectivity index is 1.26. The number of anilines is 1. The molecule has 0 unspecified atom stereocenters. The highest BCUT2D eigenvalue weighted by Crippen LogP contribution is 2.43. The Morgan fingerprint density at radius 1 is 1.25 bits per heavy atom. The molecular weight excluding hydrogens is 370 g/mol. The zero-order valence-corrected chi connectivity index (χ0v) is 17.2. The van der Waals surface area contributed by atoms with Crippen molar-refractivity contribution < 1.29 is 5.11 Å². The van der Waals surface area contributed by atoms with Gasteiger partial charge in [0.2, 0.25) is 0 Å². The van der Waals surface area contributed by atoms with Crippen LogP contribution in [0.3, 0.4) is 0 Å². The minimum atomic E-state index is 0.191. The van der Waals surface area contributed by atoms with Crippen molar-refractivity contribution in [2.24, 2.45) is 5.41 Å². The van der Waals surface area contributed by atoms with E-state index in [2.05, 4.69) is 55.7 Å². The number of aryl methyl sites for hydroxylation is 1. The quantitative estimate of drug-likeness (QED) is 0.693. The van der Waals surface area contributed by atoms with E-state index in [0.717, 1.165) is 49.8 Å². The van der Waals surface area contributed by atoms with Crippen molar-refractivity contribution in [1.82, 2.24) is 19.4 Å². The molecule has 28 heavy (non-hydrogen) atoms. The van der Waals surface area contributed by atoms with Crippen LogP contribution in [0.5, 0.6) is 0 Å². The number of hydrogen-bond acceptors (Lipinski definition) is 6. The summed E-state index contributed by atoms with van der Waals surface area (Å²) < 4.78 is 2.16. The Kier molecular flexibility index (Phi) is 4.61. The van der Waals surface area contributed by atoms with Crippen LogP contribution < -0.4 is 4.90 Å². The van der Waals surface area contributed by atoms with Crippen LogP contribution in [0, 0.1) is 5.41 Å². The van der Waals surface area contributed by atoms with E-state index >= 15 is 0 Å². The highest BCUT2D eigenvalue weighted by atomic mass is 32.1. The molecule has 2 aliphatic rings. The summed E-state index contributed by atoms with van der Waals surface area (Å²) >= 11 is 1.79. The molecule has 0 aliphatic carbocycles. The number of aliphatic hydroxyl groups excluding tert-OH is 1. The van der Waals surface area contributed by atoms with Crippen LogP contribution in [0.25, 0.3) is 10.2 Å². The first-order valence-electron chi connectivity index (χ1n) is 10.2. The summed E-state index contributed by atoms with van der Waals surface area (Å²) in [5, 5.41) is 10.4. The molecular formula is C21H27N5OS. The van der Waals surface area contributed by atoms with Gasteiger partial charge in [0, 0.05) is 61.5 Å². The van der Waals surface area contributed by atoms with Gasteiger partial charge in [-0.15, -0.1) is 11.3 Å². The van der Waals surface area contributed by atoms with Crippen LogP contribution in [0.4, 0.5) is 5.82 Å². The zero-order chi connectivity index (χ0) is 19.1. The number of fused-ring (bicyclic) bond motifs is 1. The number of aliphatic hydroxyl groups is 1. The molecule has 3 aromatic rings. The Bertz CT molecular complexity index is 974. The lowest BCUT2D eigenvalue weighted by atomic mass is 9.79. The minimum Gasteiger partial charge on any atom is -0.395 e. The third-order valence-corrected chi connectivity index (χ3v) is 7.40. The SMILES string of the molecule is CCc1cc2c(N3CCC4(CN(Cc5cccn5CCO)C4)C3)ncnc2s1. The summed E-state index contributed by atoms with van der Waals surface area (Å²) in [6, 6.07) is 6.52. The van der Waals surface area contributed by atoms with Crippen LogP contribution >= 0.6 is 11.3 Å². The third kappa shape index (κ3) is 3.11. The summed E-state index contributed by atoms with van der Waals surface area (Å²) in [4.78, 5) is 16.6. The Morgan fingerprint density at radius 3 is 2.96 bits per heavy atom. The maximum absolute atomic E-state index is 9.22. The second-order valence-electron chi connectivity index (χ2n) is 8.22. The van der Waals surface area contributed by atoms with Crippen molar-refractivity contribution in [3.05, 3.63) is 41.3 Å². The maximum atomic E-state index is 9.22. The monoisotopic (exact) mass is 397 g/mol. The van der Waals surface area contributed by atoms with Gasteiger partial charge >= 0.3 is 0 Å². The first kappa shape index (κ1) is 18.1. The molecule has 1 spiro atoms. The molecule has 148 valence electrons. The molecule has 2 aliphatic heterocycles. The molecule has 5 rings (SSSR count). The van der Waals surface area contributed by atoms with Crippen molar-refractivity contribution in [1.29, 1.82) is 0 Å². The lowest BCUT2D eigenvalue weighted by Crippen LogP contribution is -2.57. The normalized spacial score (nSPS) is 19.0. The molecule has 2 fully saturated rings. The minimum absolute atomic E-state index is 0.191. The van der Waals surface area contributed by atoms with Crippen molar-refractivity contribution >= 4 is 27.4 Å². The second kappa shape index (κ2) is 7.13.